The number of aryl methyl sites for hydroxylation is 2. The van der Waals surface area contributed by atoms with Crippen LogP contribution in [0.5, 0.6) is 0 Å². The van der Waals surface area contributed by atoms with Crippen LogP contribution >= 0.6 is 0 Å². The molecule has 26 heavy (non-hydrogen) atoms. The summed E-state index contributed by atoms with van der Waals surface area (Å²) >= 11 is 0. The minimum atomic E-state index is -0.131. The first-order chi connectivity index (χ1) is 12.6. The number of hydrogen-bond donors (Lipinski definition) is 2. The molecule has 1 aromatic heterocycles. The van der Waals surface area contributed by atoms with Crippen LogP contribution in [0.2, 0.25) is 0 Å². The van der Waals surface area contributed by atoms with E-state index in [1.165, 1.54) is 25.7 Å². The molecule has 4 heteroatoms. The number of rotatable bonds is 6. The van der Waals surface area contributed by atoms with Crippen molar-refractivity contribution in [2.24, 2.45) is 0 Å². The van der Waals surface area contributed by atoms with Gasteiger partial charge in [-0.3, -0.25) is 9.78 Å². The van der Waals surface area contributed by atoms with Crippen LogP contribution in [0.15, 0.2) is 48.3 Å². The van der Waals surface area contributed by atoms with Gasteiger partial charge in [0.15, 0.2) is 0 Å². The van der Waals surface area contributed by atoms with E-state index in [1.807, 2.05) is 38.1 Å². The van der Waals surface area contributed by atoms with Gasteiger partial charge in [-0.15, -0.1) is 0 Å². The van der Waals surface area contributed by atoms with E-state index < -0.39 is 0 Å². The lowest BCUT2D eigenvalue weighted by Gasteiger charge is -2.14. The maximum absolute atomic E-state index is 12.6. The van der Waals surface area contributed by atoms with Gasteiger partial charge in [-0.1, -0.05) is 29.8 Å². The predicted molar refractivity (Wildman–Crippen MR) is 108 cm³/mol. The third kappa shape index (κ3) is 4.72. The molecule has 0 bridgehead atoms. The van der Waals surface area contributed by atoms with Crippen LogP contribution in [-0.2, 0) is 0 Å². The highest BCUT2D eigenvalue weighted by molar-refractivity contribution is 6.05. The fourth-order valence-corrected chi connectivity index (χ4v) is 3.36. The molecule has 0 spiro atoms. The summed E-state index contributed by atoms with van der Waals surface area (Å²) < 4.78 is 0. The Morgan fingerprint density at radius 3 is 2.69 bits per heavy atom. The number of amides is 1. The van der Waals surface area contributed by atoms with E-state index in [-0.39, 0.29) is 5.91 Å². The lowest BCUT2D eigenvalue weighted by Crippen LogP contribution is -2.14. The highest BCUT2D eigenvalue weighted by atomic mass is 16.1. The standard InChI is InChI=1S/C22H27N3O/c1-16-7-6-8-17(2)21(16)25-22(26)19-13-20(15-23-14-19)24-12-11-18-9-4-3-5-10-18/h6-9,13-15,24H,3-5,10-12H2,1-2H3,(H,25,26). The molecular formula is C22H27N3O. The Morgan fingerprint density at radius 2 is 1.96 bits per heavy atom. The molecule has 0 saturated heterocycles. The zero-order valence-corrected chi connectivity index (χ0v) is 15.6. The maximum Gasteiger partial charge on any atom is 0.257 e. The molecule has 136 valence electrons. The van der Waals surface area contributed by atoms with Crippen LogP contribution in [0.1, 0.15) is 53.6 Å². The molecule has 4 nitrogen and oxygen atoms in total. The van der Waals surface area contributed by atoms with Gasteiger partial charge in [-0.2, -0.15) is 0 Å². The fraction of sp³-hybridized carbons (Fsp3) is 0.364. The first-order valence-corrected chi connectivity index (χ1v) is 9.38. The van der Waals surface area contributed by atoms with Crippen LogP contribution in [0, 0.1) is 13.8 Å². The molecule has 1 amide bonds. The van der Waals surface area contributed by atoms with Gasteiger partial charge in [0, 0.05) is 24.6 Å². The second kappa shape index (κ2) is 8.65. The lowest BCUT2D eigenvalue weighted by atomic mass is 9.97. The molecule has 2 aromatic rings. The molecule has 0 fully saturated rings. The highest BCUT2D eigenvalue weighted by Crippen LogP contribution is 2.22. The molecule has 1 aliphatic carbocycles. The molecule has 0 saturated carbocycles. The van der Waals surface area contributed by atoms with Crippen LogP contribution in [0.25, 0.3) is 0 Å². The molecule has 1 aliphatic rings. The molecule has 0 unspecified atom stereocenters. The van der Waals surface area contributed by atoms with E-state index >= 15 is 0 Å². The molecule has 3 rings (SSSR count). The van der Waals surface area contributed by atoms with E-state index in [0.717, 1.165) is 35.5 Å². The topological polar surface area (TPSA) is 54.0 Å². The zero-order valence-electron chi connectivity index (χ0n) is 15.6. The van der Waals surface area contributed by atoms with Gasteiger partial charge < -0.3 is 10.6 Å². The first-order valence-electron chi connectivity index (χ1n) is 9.38. The van der Waals surface area contributed by atoms with Crippen molar-refractivity contribution in [1.29, 1.82) is 0 Å². The number of carbonyl (C=O) groups excluding carboxylic acids is 1. The Kier molecular flexibility index (Phi) is 6.05. The summed E-state index contributed by atoms with van der Waals surface area (Å²) in [7, 11) is 0. The summed E-state index contributed by atoms with van der Waals surface area (Å²) in [4.78, 5) is 16.8. The number of nitrogens with zero attached hydrogens (tertiary/aromatic N) is 1. The second-order valence-corrected chi connectivity index (χ2v) is 6.97. The number of allylic oxidation sites excluding steroid dienone is 1. The Balaban J connectivity index is 1.61. The predicted octanol–water partition coefficient (Wildman–Crippen LogP) is 5.25. The van der Waals surface area contributed by atoms with Crippen molar-refractivity contribution >= 4 is 17.3 Å². The van der Waals surface area contributed by atoms with E-state index in [4.69, 9.17) is 0 Å². The molecule has 1 heterocycles. The summed E-state index contributed by atoms with van der Waals surface area (Å²) in [6, 6.07) is 7.86. The van der Waals surface area contributed by atoms with Gasteiger partial charge in [0.25, 0.3) is 5.91 Å². The average Bonchev–Trinajstić information content (AvgIpc) is 2.66. The molecule has 1 aromatic carbocycles. The fourth-order valence-electron chi connectivity index (χ4n) is 3.36. The molecule has 0 atom stereocenters. The van der Waals surface area contributed by atoms with Gasteiger partial charge in [0.05, 0.1) is 11.3 Å². The lowest BCUT2D eigenvalue weighted by molar-refractivity contribution is 0.102. The zero-order chi connectivity index (χ0) is 18.4. The van der Waals surface area contributed by atoms with Crippen molar-refractivity contribution < 1.29 is 4.79 Å². The summed E-state index contributed by atoms with van der Waals surface area (Å²) in [6.45, 7) is 4.87. The van der Waals surface area contributed by atoms with E-state index in [0.29, 0.717) is 5.56 Å². The number of anilines is 2. The highest BCUT2D eigenvalue weighted by Gasteiger charge is 2.11. The van der Waals surface area contributed by atoms with Crippen molar-refractivity contribution in [1.82, 2.24) is 4.98 Å². The summed E-state index contributed by atoms with van der Waals surface area (Å²) in [6.07, 6.45) is 11.9. The Hall–Kier alpha value is -2.62. The first kappa shape index (κ1) is 18.2. The summed E-state index contributed by atoms with van der Waals surface area (Å²) in [5.74, 6) is -0.131. The smallest absolute Gasteiger partial charge is 0.257 e. The SMILES string of the molecule is Cc1cccc(C)c1NC(=O)c1cncc(NCCC2=CCCCC2)c1. The largest absolute Gasteiger partial charge is 0.383 e. The number of aromatic nitrogens is 1. The van der Waals surface area contributed by atoms with Crippen molar-refractivity contribution in [2.45, 2.75) is 46.0 Å². The van der Waals surface area contributed by atoms with Crippen molar-refractivity contribution in [2.75, 3.05) is 17.2 Å². The van der Waals surface area contributed by atoms with Gasteiger partial charge in [0.2, 0.25) is 0 Å². The minimum absolute atomic E-state index is 0.131. The van der Waals surface area contributed by atoms with Gasteiger partial charge in [-0.05, 0) is 63.1 Å². The monoisotopic (exact) mass is 349 g/mol. The molecular weight excluding hydrogens is 322 g/mol. The van der Waals surface area contributed by atoms with Crippen LogP contribution in [0.3, 0.4) is 0 Å². The van der Waals surface area contributed by atoms with Crippen molar-refractivity contribution in [3.63, 3.8) is 0 Å². The van der Waals surface area contributed by atoms with E-state index in [2.05, 4.69) is 21.7 Å². The Bertz CT molecular complexity index is 791. The second-order valence-electron chi connectivity index (χ2n) is 6.97. The van der Waals surface area contributed by atoms with Crippen LogP contribution in [0.4, 0.5) is 11.4 Å². The Labute approximate surface area is 155 Å². The third-order valence-corrected chi connectivity index (χ3v) is 4.88. The van der Waals surface area contributed by atoms with Crippen LogP contribution < -0.4 is 10.6 Å². The number of nitrogens with one attached hydrogen (secondary N) is 2. The molecule has 0 radical (unpaired) electrons. The number of carbonyl (C=O) groups is 1. The normalized spacial score (nSPS) is 13.8. The van der Waals surface area contributed by atoms with Gasteiger partial charge in [0.1, 0.15) is 0 Å². The quantitative estimate of drug-likeness (QED) is 0.700. The van der Waals surface area contributed by atoms with Crippen LogP contribution in [-0.4, -0.2) is 17.4 Å². The number of benzene rings is 1. The maximum atomic E-state index is 12.6. The number of pyridine rings is 1. The molecule has 2 N–H and O–H groups in total. The summed E-state index contributed by atoms with van der Waals surface area (Å²) in [5, 5.41) is 6.40. The molecule has 0 aliphatic heterocycles. The Morgan fingerprint density at radius 1 is 1.15 bits per heavy atom. The van der Waals surface area contributed by atoms with E-state index in [9.17, 15) is 4.79 Å². The number of para-hydroxylation sites is 1. The van der Waals surface area contributed by atoms with Gasteiger partial charge in [-0.25, -0.2) is 0 Å². The van der Waals surface area contributed by atoms with Crippen molar-refractivity contribution in [3.05, 3.63) is 65.0 Å². The van der Waals surface area contributed by atoms with E-state index in [1.54, 1.807) is 18.0 Å². The summed E-state index contributed by atoms with van der Waals surface area (Å²) in [5.41, 5.74) is 5.98. The van der Waals surface area contributed by atoms with Crippen molar-refractivity contribution in [3.8, 4) is 0 Å². The van der Waals surface area contributed by atoms with Gasteiger partial charge >= 0.3 is 0 Å². The number of hydrogen-bond acceptors (Lipinski definition) is 3. The third-order valence-electron chi connectivity index (χ3n) is 4.88. The minimum Gasteiger partial charge on any atom is -0.383 e. The average molecular weight is 349 g/mol.